The number of rotatable bonds is 29. The zero-order chi connectivity index (χ0) is 108. The minimum Gasteiger partial charge on any atom is -0.497 e. The van der Waals surface area contributed by atoms with Crippen molar-refractivity contribution >= 4 is 97.3 Å². The lowest BCUT2D eigenvalue weighted by Crippen LogP contribution is -2.19. The topological polar surface area (TPSA) is 129 Å². The van der Waals surface area contributed by atoms with Gasteiger partial charge in [0.15, 0.2) is 0 Å². The molecule has 0 aliphatic carbocycles. The lowest BCUT2D eigenvalue weighted by Gasteiger charge is -2.32. The van der Waals surface area contributed by atoms with Gasteiger partial charge in [-0.1, -0.05) is 390 Å². The van der Waals surface area contributed by atoms with E-state index in [0.29, 0.717) is 23.0 Å². The number of methoxy groups -OCH3 is 2. The number of fused-ring (bicyclic) bond motifs is 4. The maximum Gasteiger partial charge on any atom is 0.275 e. The number of benzene rings is 16. The Hall–Kier alpha value is -11.7. The van der Waals surface area contributed by atoms with Crippen LogP contribution in [-0.2, 0) is 54.1 Å². The van der Waals surface area contributed by atoms with Gasteiger partial charge in [-0.15, -0.1) is 0 Å². The largest absolute Gasteiger partial charge is 0.497 e. The molecule has 0 N–H and O–H groups in total. The fourth-order valence-electron chi connectivity index (χ4n) is 17.5. The molecule has 16 rings (SSSR count). The quantitative estimate of drug-likeness (QED) is 0.0412. The van der Waals surface area contributed by atoms with Crippen LogP contribution in [0.1, 0.15) is 263 Å². The lowest BCUT2D eigenvalue weighted by molar-refractivity contribution is 0.409. The highest BCUT2D eigenvalue weighted by Gasteiger charge is 2.38. The molecule has 6 unspecified atom stereocenters. The first kappa shape index (κ1) is 114. The summed E-state index contributed by atoms with van der Waals surface area (Å²) in [6.45, 7) is 67.1. The van der Waals surface area contributed by atoms with Crippen LogP contribution < -0.4 is 63.8 Å². The average molecular weight is 2120 g/mol. The van der Waals surface area contributed by atoms with Crippen LogP contribution in [0.5, 0.6) is 80.5 Å². The van der Waals surface area contributed by atoms with Crippen molar-refractivity contribution in [2.24, 2.45) is 0 Å². The molecular weight excluding hydrogens is 1970 g/mol. The molecule has 0 bridgehead atoms. The zero-order valence-corrected chi connectivity index (χ0v) is 99.6. The standard InChI is InChI=1S/C48H56O4P2.C42H44O6P2.C40H52O4P2/c1-45(2,3)35-27-39(43(41(29-35)47(7,8)9)51-53-49-37-23-21-31-17-13-15-19-33(31)25-37)40-28-36(46(4,5)6)30-42(48(10,11)12)44(40)52-54-50-38-24-22-32-18-14-16-20-34(32)26-38;1-41(2,3)37-25-33(43-7)23-35(39(37)47-49-45-31-19-17-27-13-9-11-15-29(27)21-31)36-24-34(44-8)26-38(42(4,5)6)40(36)48-50-46-32-20-18-28-14-10-12-16-30(28)22-32;1-37(2,3)27-23-31(35(33(25-27)39(7,8)9)43-45-41-29-19-15-13-16-20-29)32-24-28(38(4,5)6)26-34(40(10,11)12)36(32)44-46-42-30-21-17-14-18-22-30/h13-30,53-54H,1-12H3;9-26,49-50H,1-8H3;13-26,45-46H,1-12H3. The molecule has 6 atom stereocenters. The van der Waals surface area contributed by atoms with Gasteiger partial charge in [-0.2, -0.15) is 0 Å². The number of hydrogen-bond donors (Lipinski definition) is 0. The first-order valence-corrected chi connectivity index (χ1v) is 56.3. The van der Waals surface area contributed by atoms with E-state index >= 15 is 0 Å². The summed E-state index contributed by atoms with van der Waals surface area (Å²) in [6, 6.07) is 104. The van der Waals surface area contributed by atoms with Crippen molar-refractivity contribution in [1.29, 1.82) is 0 Å². The molecule has 20 heteroatoms. The van der Waals surface area contributed by atoms with Crippen molar-refractivity contribution in [2.75, 3.05) is 14.2 Å². The minimum absolute atomic E-state index is 0.0935. The van der Waals surface area contributed by atoms with Crippen LogP contribution in [0.15, 0.2) is 303 Å². The molecule has 16 aromatic rings. The predicted molar refractivity (Wildman–Crippen MR) is 642 cm³/mol. The molecule has 0 saturated carbocycles. The van der Waals surface area contributed by atoms with Gasteiger partial charge in [-0.25, -0.2) is 0 Å². The molecule has 0 saturated heterocycles. The van der Waals surface area contributed by atoms with Crippen LogP contribution >= 0.6 is 54.2 Å². The summed E-state index contributed by atoms with van der Waals surface area (Å²) >= 11 is 0. The van der Waals surface area contributed by atoms with E-state index in [1.807, 2.05) is 158 Å². The summed E-state index contributed by atoms with van der Waals surface area (Å²) in [5.74, 6) is 10.6. The number of ether oxygens (including phenoxy) is 2. The van der Waals surface area contributed by atoms with E-state index in [0.717, 1.165) is 157 Å². The van der Waals surface area contributed by atoms with E-state index in [1.165, 1.54) is 33.0 Å². The zero-order valence-electron chi connectivity index (χ0n) is 93.6. The van der Waals surface area contributed by atoms with Crippen LogP contribution in [-0.4, -0.2) is 14.2 Å². The second kappa shape index (κ2) is 47.3. The van der Waals surface area contributed by atoms with Gasteiger partial charge < -0.3 is 63.8 Å². The van der Waals surface area contributed by atoms with Crippen LogP contribution in [0, 0.1) is 0 Å². The van der Waals surface area contributed by atoms with Gasteiger partial charge in [0.1, 0.15) is 80.5 Å². The van der Waals surface area contributed by atoms with Gasteiger partial charge >= 0.3 is 0 Å². The highest BCUT2D eigenvalue weighted by atomic mass is 31.1. The highest BCUT2D eigenvalue weighted by Crippen LogP contribution is 2.58. The van der Waals surface area contributed by atoms with E-state index in [1.54, 1.807) is 14.2 Å². The molecule has 14 nitrogen and oxygen atoms in total. The summed E-state index contributed by atoms with van der Waals surface area (Å²) in [5, 5.41) is 9.14. The maximum atomic E-state index is 6.87. The van der Waals surface area contributed by atoms with Gasteiger partial charge in [0.05, 0.1) is 14.2 Å². The second-order valence-electron chi connectivity index (χ2n) is 48.6. The number of para-hydroxylation sites is 2. The SMILES string of the molecule is CC(C)(C)c1cc(-c2cc(C(C)(C)C)cc(C(C)(C)C)c2OPOc2ccc3ccccc3c2)c(OPOc2ccc3ccccc3c2)c(C(C)(C)C)c1.CC(C)(C)c1cc(-c2cc(C(C)(C)C)cc(C(C)(C)C)c2OPOc2ccccc2)c(OPOc2ccccc2)c(C(C)(C)C)c1.COc1cc(-c2cc(OC)cc(C(C)(C)C)c2OPOc2ccc3ccccc3c2)c(OPOc2ccc3ccccc3c2)c(C(C)(C)C)c1. The Kier molecular flexibility index (Phi) is 35.9. The molecule has 150 heavy (non-hydrogen) atoms. The van der Waals surface area contributed by atoms with E-state index in [4.69, 9.17) is 63.8 Å². The Morgan fingerprint density at radius 3 is 0.500 bits per heavy atom. The molecule has 0 aromatic heterocycles. The van der Waals surface area contributed by atoms with Crippen molar-refractivity contribution in [3.8, 4) is 114 Å². The predicted octanol–water partition coefficient (Wildman–Crippen LogP) is 39.5. The molecular formula is C130H152O14P6. The highest BCUT2D eigenvalue weighted by molar-refractivity contribution is 7.28. The van der Waals surface area contributed by atoms with Crippen molar-refractivity contribution in [3.05, 3.63) is 359 Å². The minimum atomic E-state index is -0.309. The van der Waals surface area contributed by atoms with E-state index in [-0.39, 0.29) is 108 Å². The first-order valence-electron chi connectivity index (χ1n) is 51.4. The van der Waals surface area contributed by atoms with Crippen molar-refractivity contribution in [1.82, 2.24) is 0 Å². The normalized spacial score (nSPS) is 12.8. The molecule has 0 heterocycles. The van der Waals surface area contributed by atoms with E-state index in [2.05, 4.69) is 353 Å². The third-order valence-electron chi connectivity index (χ3n) is 26.3. The Bertz CT molecular complexity index is 6960. The fourth-order valence-corrected chi connectivity index (χ4v) is 20.9. The summed E-state index contributed by atoms with van der Waals surface area (Å²) in [5.41, 5.74) is 15.1. The van der Waals surface area contributed by atoms with Gasteiger partial charge in [-0.05, 0) is 241 Å². The maximum absolute atomic E-state index is 6.87. The Morgan fingerprint density at radius 2 is 0.313 bits per heavy atom. The second-order valence-corrected chi connectivity index (χ2v) is 52.0. The van der Waals surface area contributed by atoms with Crippen LogP contribution in [0.4, 0.5) is 0 Å². The average Bonchev–Trinajstić information content (AvgIpc) is 0.746. The molecule has 0 aliphatic heterocycles. The Labute approximate surface area is 903 Å². The fraction of sp³-hybridized carbons (Fsp3) is 0.323. The Balaban J connectivity index is 0.000000178. The van der Waals surface area contributed by atoms with Gasteiger partial charge in [0.2, 0.25) is 0 Å². The van der Waals surface area contributed by atoms with Crippen molar-refractivity contribution in [3.63, 3.8) is 0 Å². The van der Waals surface area contributed by atoms with Gasteiger partial charge in [0, 0.05) is 66.8 Å². The molecule has 786 valence electrons. The summed E-state index contributed by atoms with van der Waals surface area (Å²) in [6.07, 6.45) is 0. The van der Waals surface area contributed by atoms with Crippen LogP contribution in [0.2, 0.25) is 0 Å². The molecule has 0 radical (unpaired) electrons. The van der Waals surface area contributed by atoms with E-state index in [9.17, 15) is 0 Å². The Morgan fingerprint density at radius 1 is 0.140 bits per heavy atom. The molecule has 0 aliphatic rings. The van der Waals surface area contributed by atoms with Gasteiger partial charge in [-0.3, -0.25) is 0 Å². The van der Waals surface area contributed by atoms with Gasteiger partial charge in [0.25, 0.3) is 54.2 Å². The lowest BCUT2D eigenvalue weighted by atomic mass is 9.75. The van der Waals surface area contributed by atoms with E-state index < -0.39 is 0 Å². The molecule has 0 spiro atoms. The number of hydrogen-bond acceptors (Lipinski definition) is 14. The summed E-state index contributed by atoms with van der Waals surface area (Å²) < 4.78 is 89.7. The monoisotopic (exact) mass is 2120 g/mol. The smallest absolute Gasteiger partial charge is 0.275 e. The summed E-state index contributed by atoms with van der Waals surface area (Å²) in [4.78, 5) is 0. The van der Waals surface area contributed by atoms with Crippen molar-refractivity contribution < 1.29 is 63.8 Å². The molecule has 0 fully saturated rings. The van der Waals surface area contributed by atoms with Crippen LogP contribution in [0.3, 0.4) is 0 Å². The summed E-state index contributed by atoms with van der Waals surface area (Å²) in [7, 11) is 1.77. The third kappa shape index (κ3) is 29.2. The van der Waals surface area contributed by atoms with Crippen molar-refractivity contribution in [2.45, 2.75) is 262 Å². The van der Waals surface area contributed by atoms with Crippen LogP contribution in [0.25, 0.3) is 76.5 Å². The molecule has 0 amide bonds. The molecule has 16 aromatic carbocycles. The third-order valence-corrected chi connectivity index (χ3v) is 30.0. The first-order chi connectivity index (χ1) is 70.6.